The van der Waals surface area contributed by atoms with Crippen LogP contribution in [0.25, 0.3) is 0 Å². The molecule has 3 rings (SSSR count). The van der Waals surface area contributed by atoms with Crippen molar-refractivity contribution in [3.63, 3.8) is 0 Å². The highest BCUT2D eigenvalue weighted by molar-refractivity contribution is 5.78. The molecule has 0 unspecified atom stereocenters. The number of anilines is 1. The predicted molar refractivity (Wildman–Crippen MR) is 98.2 cm³/mol. The molecule has 26 heavy (non-hydrogen) atoms. The molecule has 0 aliphatic carbocycles. The van der Waals surface area contributed by atoms with Crippen LogP contribution in [0.15, 0.2) is 48.5 Å². The van der Waals surface area contributed by atoms with Gasteiger partial charge in [0.1, 0.15) is 11.6 Å². The fourth-order valence-corrected chi connectivity index (χ4v) is 3.10. The Morgan fingerprint density at radius 1 is 0.962 bits per heavy atom. The zero-order chi connectivity index (χ0) is 18.4. The molecule has 2 aromatic carbocycles. The van der Waals surface area contributed by atoms with Gasteiger partial charge >= 0.3 is 0 Å². The van der Waals surface area contributed by atoms with E-state index in [2.05, 4.69) is 5.32 Å². The third kappa shape index (κ3) is 4.79. The van der Waals surface area contributed by atoms with Crippen LogP contribution in [-0.4, -0.2) is 50.1 Å². The van der Waals surface area contributed by atoms with Crippen LogP contribution in [0.2, 0.25) is 0 Å². The molecular weight excluding hydrogens is 336 g/mol. The second-order valence-corrected chi connectivity index (χ2v) is 6.37. The van der Waals surface area contributed by atoms with Crippen molar-refractivity contribution in [2.75, 3.05) is 44.2 Å². The molecule has 0 bridgehead atoms. The molecule has 0 saturated carbocycles. The summed E-state index contributed by atoms with van der Waals surface area (Å²) in [6.07, 6.45) is 0.745. The first-order valence-corrected chi connectivity index (χ1v) is 8.86. The van der Waals surface area contributed by atoms with Crippen molar-refractivity contribution in [3.8, 4) is 0 Å². The van der Waals surface area contributed by atoms with E-state index in [1.807, 2.05) is 15.9 Å². The van der Waals surface area contributed by atoms with E-state index in [0.29, 0.717) is 38.4 Å². The highest BCUT2D eigenvalue weighted by atomic mass is 19.1. The summed E-state index contributed by atoms with van der Waals surface area (Å²) in [6, 6.07) is 13.1. The summed E-state index contributed by atoms with van der Waals surface area (Å²) >= 11 is 0. The molecule has 6 heteroatoms. The smallest absolute Gasteiger partial charge is 0.236 e. The van der Waals surface area contributed by atoms with Crippen molar-refractivity contribution in [1.29, 1.82) is 0 Å². The van der Waals surface area contributed by atoms with Gasteiger partial charge in [-0.1, -0.05) is 24.3 Å². The van der Waals surface area contributed by atoms with E-state index < -0.39 is 0 Å². The molecule has 1 N–H and O–H groups in total. The Bertz CT molecular complexity index is 728. The van der Waals surface area contributed by atoms with Gasteiger partial charge in [-0.15, -0.1) is 0 Å². The normalized spacial score (nSPS) is 14.5. The van der Waals surface area contributed by atoms with Gasteiger partial charge in [0.05, 0.1) is 12.2 Å². The molecule has 0 spiro atoms. The number of amides is 1. The second kappa shape index (κ2) is 8.76. The van der Waals surface area contributed by atoms with Gasteiger partial charge in [-0.2, -0.15) is 0 Å². The quantitative estimate of drug-likeness (QED) is 0.805. The zero-order valence-corrected chi connectivity index (χ0v) is 14.6. The highest BCUT2D eigenvalue weighted by Crippen LogP contribution is 2.20. The van der Waals surface area contributed by atoms with Gasteiger partial charge in [-0.3, -0.25) is 4.79 Å². The van der Waals surface area contributed by atoms with E-state index in [9.17, 15) is 13.6 Å². The van der Waals surface area contributed by atoms with Crippen LogP contribution in [0.5, 0.6) is 0 Å². The summed E-state index contributed by atoms with van der Waals surface area (Å²) in [5.41, 5.74) is 1.63. The Balaban J connectivity index is 1.38. The second-order valence-electron chi connectivity index (χ2n) is 6.37. The van der Waals surface area contributed by atoms with Crippen LogP contribution >= 0.6 is 0 Å². The van der Waals surface area contributed by atoms with Gasteiger partial charge in [0.2, 0.25) is 5.91 Å². The first-order chi connectivity index (χ1) is 12.6. The van der Waals surface area contributed by atoms with Gasteiger partial charge in [0, 0.05) is 26.2 Å². The van der Waals surface area contributed by atoms with Crippen molar-refractivity contribution in [1.82, 2.24) is 10.2 Å². The molecule has 0 aromatic heterocycles. The SMILES string of the molecule is O=C(CNCCc1ccc(F)cc1)N1CCN(c2ccccc2F)CC1. The number of benzene rings is 2. The van der Waals surface area contributed by atoms with Gasteiger partial charge in [0.15, 0.2) is 0 Å². The summed E-state index contributed by atoms with van der Waals surface area (Å²) in [6.45, 7) is 3.37. The molecular formula is C20H23F2N3O. The molecule has 4 nitrogen and oxygen atoms in total. The van der Waals surface area contributed by atoms with Crippen molar-refractivity contribution >= 4 is 11.6 Å². The van der Waals surface area contributed by atoms with E-state index in [1.165, 1.54) is 18.2 Å². The van der Waals surface area contributed by atoms with Crippen molar-refractivity contribution in [2.45, 2.75) is 6.42 Å². The minimum Gasteiger partial charge on any atom is -0.366 e. The molecule has 1 heterocycles. The van der Waals surface area contributed by atoms with Crippen molar-refractivity contribution in [3.05, 3.63) is 65.7 Å². The number of rotatable bonds is 6. The monoisotopic (exact) mass is 359 g/mol. The van der Waals surface area contributed by atoms with E-state index in [-0.39, 0.29) is 24.1 Å². The van der Waals surface area contributed by atoms with E-state index in [4.69, 9.17) is 0 Å². The van der Waals surface area contributed by atoms with Crippen LogP contribution in [-0.2, 0) is 11.2 Å². The third-order valence-electron chi connectivity index (χ3n) is 4.61. The lowest BCUT2D eigenvalue weighted by Gasteiger charge is -2.36. The maximum atomic E-state index is 13.8. The minimum atomic E-state index is -0.244. The molecule has 0 radical (unpaired) electrons. The van der Waals surface area contributed by atoms with Crippen molar-refractivity contribution < 1.29 is 13.6 Å². The summed E-state index contributed by atoms with van der Waals surface area (Å²) in [5, 5.41) is 3.14. The summed E-state index contributed by atoms with van der Waals surface area (Å²) in [4.78, 5) is 16.1. The fraction of sp³-hybridized carbons (Fsp3) is 0.350. The predicted octanol–water partition coefficient (Wildman–Crippen LogP) is 2.45. The van der Waals surface area contributed by atoms with Gasteiger partial charge in [-0.25, -0.2) is 8.78 Å². The lowest BCUT2D eigenvalue weighted by molar-refractivity contribution is -0.130. The van der Waals surface area contributed by atoms with E-state index >= 15 is 0 Å². The number of nitrogens with one attached hydrogen (secondary N) is 1. The van der Waals surface area contributed by atoms with Crippen LogP contribution in [0.3, 0.4) is 0 Å². The highest BCUT2D eigenvalue weighted by Gasteiger charge is 2.22. The maximum Gasteiger partial charge on any atom is 0.236 e. The van der Waals surface area contributed by atoms with Crippen LogP contribution < -0.4 is 10.2 Å². The molecule has 1 amide bonds. The van der Waals surface area contributed by atoms with Crippen molar-refractivity contribution in [2.24, 2.45) is 0 Å². The van der Waals surface area contributed by atoms with Gasteiger partial charge < -0.3 is 15.1 Å². The van der Waals surface area contributed by atoms with Gasteiger partial charge in [-0.05, 0) is 42.8 Å². The zero-order valence-electron chi connectivity index (χ0n) is 14.6. The summed E-state index contributed by atoms with van der Waals surface area (Å²) in [7, 11) is 0. The first kappa shape index (κ1) is 18.3. The number of carbonyl (C=O) groups excluding carboxylic acids is 1. The third-order valence-corrected chi connectivity index (χ3v) is 4.61. The summed E-state index contributed by atoms with van der Waals surface area (Å²) in [5.74, 6) is -0.418. The Morgan fingerprint density at radius 2 is 1.65 bits per heavy atom. The number of piperazine rings is 1. The Morgan fingerprint density at radius 3 is 2.35 bits per heavy atom. The topological polar surface area (TPSA) is 35.6 Å². The van der Waals surface area contributed by atoms with Crippen LogP contribution in [0.1, 0.15) is 5.56 Å². The van der Waals surface area contributed by atoms with Crippen LogP contribution in [0, 0.1) is 11.6 Å². The molecule has 0 atom stereocenters. The average molecular weight is 359 g/mol. The minimum absolute atomic E-state index is 0.0530. The average Bonchev–Trinajstić information content (AvgIpc) is 2.67. The molecule has 1 fully saturated rings. The number of nitrogens with zero attached hydrogens (tertiary/aromatic N) is 2. The maximum absolute atomic E-state index is 13.8. The largest absolute Gasteiger partial charge is 0.366 e. The van der Waals surface area contributed by atoms with E-state index in [1.54, 1.807) is 24.3 Å². The standard InChI is InChI=1S/C20H23F2N3O/c21-17-7-5-16(6-8-17)9-10-23-15-20(26)25-13-11-24(12-14-25)19-4-2-1-3-18(19)22/h1-8,23H,9-15H2. The number of carbonyl (C=O) groups is 1. The Labute approximate surface area is 152 Å². The summed E-state index contributed by atoms with van der Waals surface area (Å²) < 4.78 is 26.7. The Hall–Kier alpha value is -2.47. The molecule has 138 valence electrons. The number of para-hydroxylation sites is 1. The van der Waals surface area contributed by atoms with Crippen LogP contribution in [0.4, 0.5) is 14.5 Å². The molecule has 2 aromatic rings. The molecule has 1 aliphatic rings. The van der Waals surface area contributed by atoms with E-state index in [0.717, 1.165) is 12.0 Å². The molecule has 1 aliphatic heterocycles. The molecule has 1 saturated heterocycles. The fourth-order valence-electron chi connectivity index (χ4n) is 3.10. The Kier molecular flexibility index (Phi) is 6.17. The lowest BCUT2D eigenvalue weighted by atomic mass is 10.1. The van der Waals surface area contributed by atoms with Gasteiger partial charge in [0.25, 0.3) is 0 Å². The number of hydrogen-bond acceptors (Lipinski definition) is 3. The lowest BCUT2D eigenvalue weighted by Crippen LogP contribution is -2.51. The first-order valence-electron chi connectivity index (χ1n) is 8.86. The number of hydrogen-bond donors (Lipinski definition) is 1. The number of halogens is 2.